The molecule has 21 heavy (non-hydrogen) atoms. The maximum absolute atomic E-state index is 11.9. The lowest BCUT2D eigenvalue weighted by Crippen LogP contribution is -2.22. The highest BCUT2D eigenvalue weighted by Crippen LogP contribution is 2.16. The van der Waals surface area contributed by atoms with Crippen LogP contribution >= 0.6 is 0 Å². The van der Waals surface area contributed by atoms with E-state index in [0.717, 1.165) is 22.5 Å². The molecular weight excluding hydrogens is 262 g/mol. The molecule has 1 amide bonds. The Hall–Kier alpha value is -2.80. The van der Waals surface area contributed by atoms with Crippen LogP contribution < -0.4 is 10.6 Å². The summed E-state index contributed by atoms with van der Waals surface area (Å²) in [5.74, 6) is -0.121. The van der Waals surface area contributed by atoms with Crippen LogP contribution in [0.25, 0.3) is 0 Å². The molecule has 2 aromatic carbocycles. The van der Waals surface area contributed by atoms with Gasteiger partial charge in [0, 0.05) is 11.4 Å². The number of anilines is 2. The molecule has 4 nitrogen and oxygen atoms in total. The van der Waals surface area contributed by atoms with Gasteiger partial charge in [-0.25, -0.2) is 0 Å². The predicted octanol–water partition coefficient (Wildman–Crippen LogP) is 3.23. The van der Waals surface area contributed by atoms with Crippen molar-refractivity contribution >= 4 is 17.3 Å². The number of aryl methyl sites for hydroxylation is 2. The summed E-state index contributed by atoms with van der Waals surface area (Å²) in [5.41, 5.74) is 4.34. The molecule has 0 aromatic heterocycles. The molecular formula is C17H17N3O. The van der Waals surface area contributed by atoms with E-state index in [1.165, 1.54) is 0 Å². The normalized spacial score (nSPS) is 9.76. The molecule has 0 aliphatic carbocycles. The topological polar surface area (TPSA) is 64.9 Å². The predicted molar refractivity (Wildman–Crippen MR) is 84.2 cm³/mol. The number of benzene rings is 2. The number of nitrogens with one attached hydrogen (secondary N) is 2. The van der Waals surface area contributed by atoms with Crippen LogP contribution in [0.4, 0.5) is 11.4 Å². The highest BCUT2D eigenvalue weighted by Gasteiger charge is 2.05. The van der Waals surface area contributed by atoms with Gasteiger partial charge < -0.3 is 10.6 Å². The van der Waals surface area contributed by atoms with E-state index in [1.54, 1.807) is 18.2 Å². The van der Waals surface area contributed by atoms with Crippen molar-refractivity contribution in [1.29, 1.82) is 5.26 Å². The zero-order valence-corrected chi connectivity index (χ0v) is 12.1. The third kappa shape index (κ3) is 4.08. The minimum atomic E-state index is -0.121. The van der Waals surface area contributed by atoms with E-state index in [2.05, 4.69) is 16.7 Å². The van der Waals surface area contributed by atoms with Gasteiger partial charge >= 0.3 is 0 Å². The fraction of sp³-hybridized carbons (Fsp3) is 0.176. The molecule has 0 unspecified atom stereocenters. The van der Waals surface area contributed by atoms with Crippen LogP contribution in [0.2, 0.25) is 0 Å². The molecule has 0 atom stereocenters. The van der Waals surface area contributed by atoms with Gasteiger partial charge in [0.15, 0.2) is 0 Å². The monoisotopic (exact) mass is 279 g/mol. The standard InChI is InChI=1S/C17H17N3O/c1-12-6-7-16(13(2)8-12)20-17(21)11-19-15-5-3-4-14(9-15)10-18/h3-9,19H,11H2,1-2H3,(H,20,21). The first-order valence-corrected chi connectivity index (χ1v) is 6.69. The van der Waals surface area contributed by atoms with Crippen LogP contribution in [0.1, 0.15) is 16.7 Å². The average Bonchev–Trinajstić information content (AvgIpc) is 2.48. The lowest BCUT2D eigenvalue weighted by atomic mass is 10.1. The minimum Gasteiger partial charge on any atom is -0.376 e. The highest BCUT2D eigenvalue weighted by molar-refractivity contribution is 5.94. The van der Waals surface area contributed by atoms with Crippen LogP contribution in [0.5, 0.6) is 0 Å². The SMILES string of the molecule is Cc1ccc(NC(=O)CNc2cccc(C#N)c2)c(C)c1. The van der Waals surface area contributed by atoms with Crippen LogP contribution in [0.15, 0.2) is 42.5 Å². The molecule has 106 valence electrons. The summed E-state index contributed by atoms with van der Waals surface area (Å²) in [6.45, 7) is 4.14. The zero-order chi connectivity index (χ0) is 15.2. The van der Waals surface area contributed by atoms with Crippen molar-refractivity contribution in [2.24, 2.45) is 0 Å². The Bertz CT molecular complexity index is 701. The van der Waals surface area contributed by atoms with E-state index in [1.807, 2.05) is 38.1 Å². The van der Waals surface area contributed by atoms with E-state index in [9.17, 15) is 4.79 Å². The van der Waals surface area contributed by atoms with Gasteiger partial charge in [-0.1, -0.05) is 23.8 Å². The number of hydrogen-bond donors (Lipinski definition) is 2. The Labute approximate surface area is 124 Å². The van der Waals surface area contributed by atoms with Crippen LogP contribution in [0.3, 0.4) is 0 Å². The summed E-state index contributed by atoms with van der Waals surface area (Å²) < 4.78 is 0. The largest absolute Gasteiger partial charge is 0.376 e. The van der Waals surface area contributed by atoms with E-state index in [0.29, 0.717) is 5.56 Å². The summed E-state index contributed by atoms with van der Waals surface area (Å²) in [6.07, 6.45) is 0. The molecule has 4 heteroatoms. The van der Waals surface area contributed by atoms with Gasteiger partial charge in [-0.2, -0.15) is 5.26 Å². The molecule has 0 aliphatic heterocycles. The summed E-state index contributed by atoms with van der Waals surface area (Å²) in [5, 5.41) is 14.7. The number of hydrogen-bond acceptors (Lipinski definition) is 3. The third-order valence-corrected chi connectivity index (χ3v) is 3.10. The fourth-order valence-electron chi connectivity index (χ4n) is 2.03. The Morgan fingerprint density at radius 3 is 2.71 bits per heavy atom. The smallest absolute Gasteiger partial charge is 0.243 e. The van der Waals surface area contributed by atoms with Crippen molar-refractivity contribution in [3.05, 3.63) is 59.2 Å². The second kappa shape index (κ2) is 6.58. The molecule has 0 fully saturated rings. The quantitative estimate of drug-likeness (QED) is 0.903. The summed E-state index contributed by atoms with van der Waals surface area (Å²) in [4.78, 5) is 11.9. The Balaban J connectivity index is 1.94. The molecule has 2 aromatic rings. The second-order valence-electron chi connectivity index (χ2n) is 4.91. The maximum Gasteiger partial charge on any atom is 0.243 e. The molecule has 2 N–H and O–H groups in total. The number of carbonyl (C=O) groups excluding carboxylic acids is 1. The molecule has 0 spiro atoms. The number of rotatable bonds is 4. The fourth-order valence-corrected chi connectivity index (χ4v) is 2.03. The zero-order valence-electron chi connectivity index (χ0n) is 12.1. The summed E-state index contributed by atoms with van der Waals surface area (Å²) in [7, 11) is 0. The molecule has 0 bridgehead atoms. The molecule has 0 radical (unpaired) electrons. The highest BCUT2D eigenvalue weighted by atomic mass is 16.1. The molecule has 2 rings (SSSR count). The minimum absolute atomic E-state index is 0.121. The van der Waals surface area contributed by atoms with E-state index < -0.39 is 0 Å². The van der Waals surface area contributed by atoms with E-state index in [-0.39, 0.29) is 12.5 Å². The third-order valence-electron chi connectivity index (χ3n) is 3.10. The molecule has 0 aliphatic rings. The Morgan fingerprint density at radius 2 is 2.00 bits per heavy atom. The van der Waals surface area contributed by atoms with Gasteiger partial charge in [0.25, 0.3) is 0 Å². The summed E-state index contributed by atoms with van der Waals surface area (Å²) >= 11 is 0. The second-order valence-corrected chi connectivity index (χ2v) is 4.91. The van der Waals surface area contributed by atoms with Crippen LogP contribution in [-0.2, 0) is 4.79 Å². The van der Waals surface area contributed by atoms with Crippen molar-refractivity contribution in [3.63, 3.8) is 0 Å². The Morgan fingerprint density at radius 1 is 1.19 bits per heavy atom. The Kier molecular flexibility index (Phi) is 4.57. The number of nitriles is 1. The van der Waals surface area contributed by atoms with Crippen molar-refractivity contribution < 1.29 is 4.79 Å². The first-order chi connectivity index (χ1) is 10.1. The lowest BCUT2D eigenvalue weighted by molar-refractivity contribution is -0.114. The van der Waals surface area contributed by atoms with Crippen LogP contribution in [0, 0.1) is 25.2 Å². The molecule has 0 saturated carbocycles. The first kappa shape index (κ1) is 14.6. The number of amides is 1. The maximum atomic E-state index is 11.9. The van der Waals surface area contributed by atoms with Crippen molar-refractivity contribution in [1.82, 2.24) is 0 Å². The average molecular weight is 279 g/mol. The molecule has 0 heterocycles. The van der Waals surface area contributed by atoms with E-state index >= 15 is 0 Å². The van der Waals surface area contributed by atoms with Gasteiger partial charge in [0.2, 0.25) is 5.91 Å². The van der Waals surface area contributed by atoms with Gasteiger partial charge in [0.05, 0.1) is 18.2 Å². The summed E-state index contributed by atoms with van der Waals surface area (Å²) in [6, 6.07) is 15.0. The van der Waals surface area contributed by atoms with Crippen molar-refractivity contribution in [2.45, 2.75) is 13.8 Å². The molecule has 0 saturated heterocycles. The number of carbonyl (C=O) groups is 1. The lowest BCUT2D eigenvalue weighted by Gasteiger charge is -2.10. The number of nitrogens with zero attached hydrogens (tertiary/aromatic N) is 1. The van der Waals surface area contributed by atoms with Gasteiger partial charge in [-0.05, 0) is 43.7 Å². The van der Waals surface area contributed by atoms with Crippen molar-refractivity contribution in [2.75, 3.05) is 17.2 Å². The first-order valence-electron chi connectivity index (χ1n) is 6.69. The van der Waals surface area contributed by atoms with Crippen molar-refractivity contribution in [3.8, 4) is 6.07 Å². The van der Waals surface area contributed by atoms with Crippen LogP contribution in [-0.4, -0.2) is 12.5 Å². The van der Waals surface area contributed by atoms with Gasteiger partial charge in [-0.3, -0.25) is 4.79 Å². The van der Waals surface area contributed by atoms with Gasteiger partial charge in [0.1, 0.15) is 0 Å². The van der Waals surface area contributed by atoms with E-state index in [4.69, 9.17) is 5.26 Å². The van der Waals surface area contributed by atoms with Gasteiger partial charge in [-0.15, -0.1) is 0 Å².